The molecule has 8 nitrogen and oxygen atoms in total. The van der Waals surface area contributed by atoms with Crippen molar-refractivity contribution in [2.75, 3.05) is 6.61 Å². The highest BCUT2D eigenvalue weighted by Gasteiger charge is 2.47. The van der Waals surface area contributed by atoms with Gasteiger partial charge >= 0.3 is 0 Å². The summed E-state index contributed by atoms with van der Waals surface area (Å²) >= 11 is 0. The molecule has 1 aliphatic carbocycles. The Labute approximate surface area is 158 Å². The number of hydrogen-bond donors (Lipinski definition) is 5. The zero-order valence-electron chi connectivity index (χ0n) is 16.1. The van der Waals surface area contributed by atoms with Gasteiger partial charge in [0.2, 0.25) is 0 Å². The lowest BCUT2D eigenvalue weighted by Gasteiger charge is -2.44. The lowest BCUT2D eigenvalue weighted by atomic mass is 9.64. The van der Waals surface area contributed by atoms with E-state index in [0.717, 1.165) is 0 Å². The highest BCUT2D eigenvalue weighted by Crippen LogP contribution is 2.44. The van der Waals surface area contributed by atoms with Gasteiger partial charge in [0.1, 0.15) is 30.0 Å². The van der Waals surface area contributed by atoms with Gasteiger partial charge in [-0.05, 0) is 31.6 Å². The lowest BCUT2D eigenvalue weighted by molar-refractivity contribution is -0.306. The summed E-state index contributed by atoms with van der Waals surface area (Å²) in [7, 11) is 0. The Morgan fingerprint density at radius 1 is 1.30 bits per heavy atom. The van der Waals surface area contributed by atoms with Gasteiger partial charge in [0.05, 0.1) is 12.7 Å². The van der Waals surface area contributed by atoms with Gasteiger partial charge in [0, 0.05) is 11.8 Å². The second kappa shape index (κ2) is 8.08. The minimum Gasteiger partial charge on any atom is -0.394 e. The molecule has 2 rings (SSSR count). The largest absolute Gasteiger partial charge is 0.394 e. The number of allylic oxidation sites excluding steroid dienone is 1. The molecule has 1 heterocycles. The van der Waals surface area contributed by atoms with Crippen LogP contribution in [0.15, 0.2) is 23.8 Å². The molecule has 27 heavy (non-hydrogen) atoms. The Morgan fingerprint density at radius 2 is 1.93 bits per heavy atom. The fourth-order valence-corrected chi connectivity index (χ4v) is 3.58. The van der Waals surface area contributed by atoms with Crippen molar-refractivity contribution < 1.29 is 39.8 Å². The minimum atomic E-state index is -1.52. The number of ketones is 1. The molecule has 154 valence electrons. The molecule has 0 bridgehead atoms. The number of ether oxygens (including phenoxy) is 2. The summed E-state index contributed by atoms with van der Waals surface area (Å²) in [6.45, 7) is 6.40. The Balaban J connectivity index is 2.11. The fraction of sp³-hybridized carbons (Fsp3) is 0.737. The summed E-state index contributed by atoms with van der Waals surface area (Å²) < 4.78 is 10.9. The van der Waals surface area contributed by atoms with Crippen molar-refractivity contribution >= 4 is 5.78 Å². The van der Waals surface area contributed by atoms with E-state index < -0.39 is 54.4 Å². The van der Waals surface area contributed by atoms with E-state index in [2.05, 4.69) is 0 Å². The maximum Gasteiger partial charge on any atom is 0.187 e. The molecule has 7 atom stereocenters. The molecule has 1 saturated heterocycles. The zero-order valence-corrected chi connectivity index (χ0v) is 16.1. The van der Waals surface area contributed by atoms with Crippen LogP contribution in [0.5, 0.6) is 0 Å². The molecular formula is C19H30O8. The molecule has 0 unspecified atom stereocenters. The monoisotopic (exact) mass is 386 g/mol. The maximum absolute atomic E-state index is 11.8. The highest BCUT2D eigenvalue weighted by atomic mass is 16.7. The third-order valence-corrected chi connectivity index (χ3v) is 5.43. The number of hydrogen-bond acceptors (Lipinski definition) is 8. The van der Waals surface area contributed by atoms with Crippen LogP contribution in [0.25, 0.3) is 0 Å². The molecule has 0 saturated carbocycles. The van der Waals surface area contributed by atoms with Crippen LogP contribution in [0.4, 0.5) is 0 Å². The average Bonchev–Trinajstić information content (AvgIpc) is 2.58. The molecule has 0 aromatic heterocycles. The number of aliphatic hydroxyl groups excluding tert-OH is 4. The summed E-state index contributed by atoms with van der Waals surface area (Å²) in [5.41, 5.74) is -1.52. The van der Waals surface area contributed by atoms with Crippen LogP contribution in [0.3, 0.4) is 0 Å². The Kier molecular flexibility index (Phi) is 6.63. The summed E-state index contributed by atoms with van der Waals surface area (Å²) in [5.74, 6) is -0.0406. The quantitative estimate of drug-likeness (QED) is 0.396. The number of aliphatic hydroxyl groups is 5. The van der Waals surface area contributed by atoms with Gasteiger partial charge in [-0.15, -0.1) is 0 Å². The molecule has 5 N–H and O–H groups in total. The predicted octanol–water partition coefficient (Wildman–Crippen LogP) is -0.576. The smallest absolute Gasteiger partial charge is 0.187 e. The Hall–Kier alpha value is -1.13. The van der Waals surface area contributed by atoms with Gasteiger partial charge in [-0.2, -0.15) is 0 Å². The highest BCUT2D eigenvalue weighted by molar-refractivity contribution is 5.92. The number of carbonyl (C=O) groups excluding carboxylic acids is 1. The van der Waals surface area contributed by atoms with E-state index in [1.807, 2.05) is 0 Å². The molecule has 1 aliphatic heterocycles. The second-order valence-corrected chi connectivity index (χ2v) is 8.02. The molecule has 0 amide bonds. The van der Waals surface area contributed by atoms with Gasteiger partial charge in [-0.1, -0.05) is 19.9 Å². The van der Waals surface area contributed by atoms with Gasteiger partial charge in [0.25, 0.3) is 0 Å². The van der Waals surface area contributed by atoms with Crippen molar-refractivity contribution in [2.45, 2.75) is 76.5 Å². The van der Waals surface area contributed by atoms with E-state index in [4.69, 9.17) is 9.47 Å². The van der Waals surface area contributed by atoms with Crippen LogP contribution in [0.1, 0.15) is 34.1 Å². The topological polar surface area (TPSA) is 137 Å². The molecule has 1 fully saturated rings. The van der Waals surface area contributed by atoms with E-state index in [0.29, 0.717) is 5.57 Å². The molecule has 0 spiro atoms. The predicted molar refractivity (Wildman–Crippen MR) is 95.6 cm³/mol. The first-order valence-corrected chi connectivity index (χ1v) is 9.02. The SMILES string of the molecule is CC1=CC(=O)CC(C)(C)[C@@]1(O)/C=C/[C@@H](C)O[C@@H]1O[C@@H](CO)[C@H](O)[C@@H](O)[C@@H]1O. The van der Waals surface area contributed by atoms with E-state index in [1.165, 1.54) is 6.08 Å². The molecule has 0 radical (unpaired) electrons. The molecule has 0 aromatic carbocycles. The standard InChI is InChI=1S/C19H30O8/c1-10-7-12(21)8-18(3,4)19(10,25)6-5-11(2)26-17-16(24)15(23)14(22)13(9-20)27-17/h5-7,11,13-17,20,22-25H,8-9H2,1-4H3/b6-5+/t11-,13+,14+,15-,16+,17-,19-/m1/s1. The van der Waals surface area contributed by atoms with Crippen molar-refractivity contribution in [2.24, 2.45) is 5.41 Å². The number of carbonyl (C=O) groups is 1. The third-order valence-electron chi connectivity index (χ3n) is 5.43. The summed E-state index contributed by atoms with van der Waals surface area (Å²) in [6, 6.07) is 0. The minimum absolute atomic E-state index is 0.0406. The van der Waals surface area contributed by atoms with Crippen molar-refractivity contribution in [1.29, 1.82) is 0 Å². The van der Waals surface area contributed by atoms with Crippen LogP contribution in [0, 0.1) is 5.41 Å². The van der Waals surface area contributed by atoms with E-state index in [-0.39, 0.29) is 12.2 Å². The van der Waals surface area contributed by atoms with Crippen LogP contribution < -0.4 is 0 Å². The Bertz CT molecular complexity index is 611. The average molecular weight is 386 g/mol. The van der Waals surface area contributed by atoms with Crippen molar-refractivity contribution in [3.05, 3.63) is 23.8 Å². The maximum atomic E-state index is 11.8. The van der Waals surface area contributed by atoms with Gasteiger partial charge < -0.3 is 35.0 Å². The first-order chi connectivity index (χ1) is 12.4. The van der Waals surface area contributed by atoms with Gasteiger partial charge in [-0.3, -0.25) is 4.79 Å². The Morgan fingerprint density at radius 3 is 2.48 bits per heavy atom. The van der Waals surface area contributed by atoms with Gasteiger partial charge in [0.15, 0.2) is 12.1 Å². The fourth-order valence-electron chi connectivity index (χ4n) is 3.58. The van der Waals surface area contributed by atoms with Crippen molar-refractivity contribution in [3.63, 3.8) is 0 Å². The normalized spacial score (nSPS) is 40.9. The second-order valence-electron chi connectivity index (χ2n) is 8.02. The summed E-state index contributed by atoms with van der Waals surface area (Å²) in [6.07, 6.45) is -2.64. The summed E-state index contributed by atoms with van der Waals surface area (Å²) in [5, 5.41) is 50.0. The molecule has 2 aliphatic rings. The van der Waals surface area contributed by atoms with Crippen LogP contribution in [-0.4, -0.2) is 80.3 Å². The van der Waals surface area contributed by atoms with Crippen molar-refractivity contribution in [1.82, 2.24) is 0 Å². The molecule has 0 aromatic rings. The zero-order chi connectivity index (χ0) is 20.6. The van der Waals surface area contributed by atoms with Crippen molar-refractivity contribution in [3.8, 4) is 0 Å². The third kappa shape index (κ3) is 4.32. The molecule has 8 heteroatoms. The van der Waals surface area contributed by atoms with E-state index in [1.54, 1.807) is 39.8 Å². The lowest BCUT2D eigenvalue weighted by Crippen LogP contribution is -2.59. The summed E-state index contributed by atoms with van der Waals surface area (Å²) in [4.78, 5) is 11.8. The first-order valence-electron chi connectivity index (χ1n) is 9.02. The van der Waals surface area contributed by atoms with Crippen LogP contribution in [0.2, 0.25) is 0 Å². The van der Waals surface area contributed by atoms with Gasteiger partial charge in [-0.25, -0.2) is 0 Å². The first kappa shape index (κ1) is 22.2. The van der Waals surface area contributed by atoms with Crippen LogP contribution in [-0.2, 0) is 14.3 Å². The van der Waals surface area contributed by atoms with E-state index in [9.17, 15) is 30.3 Å². The molecular weight excluding hydrogens is 356 g/mol. The number of rotatable bonds is 5. The van der Waals surface area contributed by atoms with E-state index >= 15 is 0 Å². The van der Waals surface area contributed by atoms with Crippen LogP contribution >= 0.6 is 0 Å².